The van der Waals surface area contributed by atoms with E-state index in [0.29, 0.717) is 23.7 Å². The molecule has 2 aromatic heterocycles. The summed E-state index contributed by atoms with van der Waals surface area (Å²) in [5, 5.41) is 24.0. The SMILES string of the molecule is C=C(C)Cc1cc(-c2ccc(=O)n(C)c2)cc(O)c1-c1ccc(N(C)C2CC(C)(C)NC(C)(C)C2)nn1. The van der Waals surface area contributed by atoms with E-state index >= 15 is 0 Å². The van der Waals surface area contributed by atoms with Crippen LogP contribution in [0.2, 0.25) is 0 Å². The number of nitrogens with one attached hydrogen (secondary N) is 1. The van der Waals surface area contributed by atoms with Gasteiger partial charge in [-0.2, -0.15) is 0 Å². The first kappa shape index (κ1) is 26.6. The van der Waals surface area contributed by atoms with E-state index < -0.39 is 0 Å². The van der Waals surface area contributed by atoms with E-state index in [2.05, 4.69) is 61.7 Å². The number of piperidine rings is 1. The van der Waals surface area contributed by atoms with Crippen molar-refractivity contribution in [2.45, 2.75) is 71.0 Å². The number of phenols is 1. The lowest BCUT2D eigenvalue weighted by molar-refractivity contribution is 0.160. The van der Waals surface area contributed by atoms with Gasteiger partial charge in [-0.1, -0.05) is 12.2 Å². The van der Waals surface area contributed by atoms with Crippen molar-refractivity contribution in [3.05, 3.63) is 70.7 Å². The molecular formula is C30H39N5O2. The second kappa shape index (κ2) is 9.78. The first-order chi connectivity index (χ1) is 17.2. The summed E-state index contributed by atoms with van der Waals surface area (Å²) >= 11 is 0. The van der Waals surface area contributed by atoms with E-state index in [4.69, 9.17) is 0 Å². The molecule has 2 N–H and O–H groups in total. The maximum Gasteiger partial charge on any atom is 0.250 e. The Balaban J connectivity index is 1.68. The number of hydrogen-bond donors (Lipinski definition) is 2. The molecule has 1 fully saturated rings. The molecule has 37 heavy (non-hydrogen) atoms. The predicted octanol–water partition coefficient (Wildman–Crippen LogP) is 5.08. The van der Waals surface area contributed by atoms with Crippen molar-refractivity contribution in [1.82, 2.24) is 20.1 Å². The molecule has 1 saturated heterocycles. The highest BCUT2D eigenvalue weighted by Gasteiger charge is 2.39. The largest absolute Gasteiger partial charge is 0.507 e. The summed E-state index contributed by atoms with van der Waals surface area (Å²) in [7, 11) is 3.80. The fourth-order valence-corrected chi connectivity index (χ4v) is 5.75. The summed E-state index contributed by atoms with van der Waals surface area (Å²) < 4.78 is 1.53. The van der Waals surface area contributed by atoms with Crippen LogP contribution >= 0.6 is 0 Å². The minimum absolute atomic E-state index is 0.0318. The molecule has 0 radical (unpaired) electrons. The number of allylic oxidation sites excluding steroid dienone is 1. The van der Waals surface area contributed by atoms with Crippen LogP contribution in [0.5, 0.6) is 5.75 Å². The summed E-state index contributed by atoms with van der Waals surface area (Å²) in [6.45, 7) is 15.0. The molecule has 1 aliphatic rings. The summed E-state index contributed by atoms with van der Waals surface area (Å²) in [4.78, 5) is 14.1. The van der Waals surface area contributed by atoms with Crippen LogP contribution in [0.15, 0.2) is 59.5 Å². The molecule has 7 nitrogen and oxygen atoms in total. The summed E-state index contributed by atoms with van der Waals surface area (Å²) in [5.41, 5.74) is 4.81. The molecular weight excluding hydrogens is 462 g/mol. The van der Waals surface area contributed by atoms with Crippen molar-refractivity contribution in [2.75, 3.05) is 11.9 Å². The Morgan fingerprint density at radius 1 is 1.11 bits per heavy atom. The fourth-order valence-electron chi connectivity index (χ4n) is 5.75. The number of benzene rings is 1. The molecule has 7 heteroatoms. The number of aromatic nitrogens is 3. The van der Waals surface area contributed by atoms with Crippen LogP contribution in [0.3, 0.4) is 0 Å². The summed E-state index contributed by atoms with van der Waals surface area (Å²) in [6, 6.07) is 11.3. The predicted molar refractivity (Wildman–Crippen MR) is 151 cm³/mol. The van der Waals surface area contributed by atoms with Gasteiger partial charge in [0.05, 0.1) is 5.69 Å². The number of aryl methyl sites for hydroxylation is 1. The topological polar surface area (TPSA) is 83.3 Å². The number of phenolic OH excluding ortho intramolecular Hbond substituents is 1. The number of nitrogens with zero attached hydrogens (tertiary/aromatic N) is 4. The standard InChI is InChI=1S/C30H39N5O2/c1-19(2)13-22-14-21(20-9-12-27(37)34(7)18-20)15-25(36)28(22)24-10-11-26(32-31-24)35(8)23-16-29(3,4)33-30(5,6)17-23/h9-12,14-15,18,23,33,36H,1,13,16-17H2,2-8H3. The maximum absolute atomic E-state index is 11.8. The molecule has 3 heterocycles. The molecule has 0 spiro atoms. The van der Waals surface area contributed by atoms with Gasteiger partial charge in [0.25, 0.3) is 0 Å². The highest BCUT2D eigenvalue weighted by atomic mass is 16.3. The van der Waals surface area contributed by atoms with Crippen LogP contribution in [0.4, 0.5) is 5.82 Å². The van der Waals surface area contributed by atoms with E-state index in [1.165, 1.54) is 10.6 Å². The maximum atomic E-state index is 11.8. The average molecular weight is 502 g/mol. The minimum Gasteiger partial charge on any atom is -0.507 e. The van der Waals surface area contributed by atoms with Gasteiger partial charge in [0, 0.05) is 49.0 Å². The van der Waals surface area contributed by atoms with Crippen LogP contribution in [0.25, 0.3) is 22.4 Å². The third-order valence-electron chi connectivity index (χ3n) is 7.09. The molecule has 3 aromatic rings. The number of rotatable bonds is 6. The number of anilines is 1. The zero-order valence-electron chi connectivity index (χ0n) is 23.1. The molecule has 0 aliphatic carbocycles. The average Bonchev–Trinajstić information content (AvgIpc) is 2.78. The minimum atomic E-state index is -0.0799. The number of hydrogen-bond acceptors (Lipinski definition) is 6. The van der Waals surface area contributed by atoms with Crippen molar-refractivity contribution in [1.29, 1.82) is 0 Å². The number of pyridine rings is 1. The molecule has 1 aromatic carbocycles. The van der Waals surface area contributed by atoms with Crippen LogP contribution < -0.4 is 15.8 Å². The van der Waals surface area contributed by atoms with E-state index in [9.17, 15) is 9.90 Å². The first-order valence-corrected chi connectivity index (χ1v) is 12.8. The van der Waals surface area contributed by atoms with Crippen molar-refractivity contribution in [3.8, 4) is 28.1 Å². The van der Waals surface area contributed by atoms with Gasteiger partial charge < -0.3 is 19.9 Å². The summed E-state index contributed by atoms with van der Waals surface area (Å²) in [6.07, 6.45) is 4.37. The van der Waals surface area contributed by atoms with E-state index in [0.717, 1.165) is 40.9 Å². The van der Waals surface area contributed by atoms with Crippen LogP contribution in [-0.2, 0) is 13.5 Å². The highest BCUT2D eigenvalue weighted by Crippen LogP contribution is 2.38. The van der Waals surface area contributed by atoms with Gasteiger partial charge in [0.2, 0.25) is 5.56 Å². The lowest BCUT2D eigenvalue weighted by Crippen LogP contribution is -2.62. The Labute approximate surface area is 219 Å². The smallest absolute Gasteiger partial charge is 0.250 e. The van der Waals surface area contributed by atoms with E-state index in [1.807, 2.05) is 25.1 Å². The number of aromatic hydroxyl groups is 1. The van der Waals surface area contributed by atoms with Gasteiger partial charge in [0.15, 0.2) is 5.82 Å². The monoisotopic (exact) mass is 501 g/mol. The van der Waals surface area contributed by atoms with Crippen molar-refractivity contribution >= 4 is 5.82 Å². The molecule has 0 unspecified atom stereocenters. The molecule has 0 amide bonds. The normalized spacial score (nSPS) is 16.9. The first-order valence-electron chi connectivity index (χ1n) is 12.8. The van der Waals surface area contributed by atoms with Crippen molar-refractivity contribution in [2.24, 2.45) is 7.05 Å². The van der Waals surface area contributed by atoms with Gasteiger partial charge in [-0.15, -0.1) is 10.2 Å². The third-order valence-corrected chi connectivity index (χ3v) is 7.09. The van der Waals surface area contributed by atoms with Crippen LogP contribution in [0.1, 0.15) is 53.0 Å². The van der Waals surface area contributed by atoms with Crippen molar-refractivity contribution in [3.63, 3.8) is 0 Å². The lowest BCUT2D eigenvalue weighted by atomic mass is 9.79. The lowest BCUT2D eigenvalue weighted by Gasteiger charge is -2.49. The molecule has 0 bridgehead atoms. The van der Waals surface area contributed by atoms with Gasteiger partial charge in [0.1, 0.15) is 5.75 Å². The highest BCUT2D eigenvalue weighted by molar-refractivity contribution is 5.78. The van der Waals surface area contributed by atoms with E-state index in [1.54, 1.807) is 25.4 Å². The Hall–Kier alpha value is -3.45. The molecule has 196 valence electrons. The second-order valence-corrected chi connectivity index (χ2v) is 11.9. The Morgan fingerprint density at radius 2 is 1.78 bits per heavy atom. The van der Waals surface area contributed by atoms with Gasteiger partial charge in [-0.05, 0) is 101 Å². The van der Waals surface area contributed by atoms with Gasteiger partial charge >= 0.3 is 0 Å². The zero-order chi connectivity index (χ0) is 27.1. The second-order valence-electron chi connectivity index (χ2n) is 11.9. The summed E-state index contributed by atoms with van der Waals surface area (Å²) in [5.74, 6) is 0.935. The van der Waals surface area contributed by atoms with Gasteiger partial charge in [-0.25, -0.2) is 0 Å². The molecule has 1 aliphatic heterocycles. The van der Waals surface area contributed by atoms with Crippen molar-refractivity contribution < 1.29 is 5.11 Å². The van der Waals surface area contributed by atoms with E-state index in [-0.39, 0.29) is 22.4 Å². The zero-order valence-corrected chi connectivity index (χ0v) is 23.1. The fraction of sp³-hybridized carbons (Fsp3) is 0.433. The van der Waals surface area contributed by atoms with Crippen LogP contribution in [0, 0.1) is 0 Å². The Bertz CT molecular complexity index is 1360. The van der Waals surface area contributed by atoms with Gasteiger partial charge in [-0.3, -0.25) is 4.79 Å². The van der Waals surface area contributed by atoms with Crippen LogP contribution in [-0.4, -0.2) is 44.0 Å². The Morgan fingerprint density at radius 3 is 2.35 bits per heavy atom. The quantitative estimate of drug-likeness (QED) is 0.459. The third kappa shape index (κ3) is 5.93. The molecule has 0 saturated carbocycles. The molecule has 0 atom stereocenters. The molecule has 4 rings (SSSR count). The Kier molecular flexibility index (Phi) is 7.04.